The first kappa shape index (κ1) is 11.7. The van der Waals surface area contributed by atoms with Crippen LogP contribution in [0.1, 0.15) is 11.3 Å². The smallest absolute Gasteiger partial charge is 0.326 e. The second-order valence-corrected chi connectivity index (χ2v) is 3.51. The van der Waals surface area contributed by atoms with Crippen molar-refractivity contribution in [1.82, 2.24) is 9.78 Å². The summed E-state index contributed by atoms with van der Waals surface area (Å²) in [5.74, 6) is 0. The molecule has 0 saturated carbocycles. The van der Waals surface area contributed by atoms with Crippen molar-refractivity contribution in [2.24, 2.45) is 5.73 Å². The Kier molecular flexibility index (Phi) is 2.89. The van der Waals surface area contributed by atoms with E-state index >= 15 is 0 Å². The van der Waals surface area contributed by atoms with Crippen LogP contribution in [0.5, 0.6) is 0 Å². The summed E-state index contributed by atoms with van der Waals surface area (Å²) in [6.45, 7) is 0.396. The molecule has 0 bridgehead atoms. The number of nitrogens with zero attached hydrogens (tertiary/aromatic N) is 2. The SMILES string of the molecule is NCc1ccc(-n2ccc(C(F)(F)F)n2)cc1. The molecule has 1 heterocycles. The third-order valence-electron chi connectivity index (χ3n) is 2.32. The zero-order chi connectivity index (χ0) is 12.5. The fraction of sp³-hybridized carbons (Fsp3) is 0.182. The number of rotatable bonds is 2. The molecule has 0 unspecified atom stereocenters. The van der Waals surface area contributed by atoms with Gasteiger partial charge in [0.2, 0.25) is 0 Å². The highest BCUT2D eigenvalue weighted by molar-refractivity contribution is 5.34. The zero-order valence-electron chi connectivity index (χ0n) is 8.78. The van der Waals surface area contributed by atoms with E-state index in [-0.39, 0.29) is 0 Å². The van der Waals surface area contributed by atoms with Gasteiger partial charge in [0.25, 0.3) is 0 Å². The Morgan fingerprint density at radius 3 is 2.24 bits per heavy atom. The predicted molar refractivity (Wildman–Crippen MR) is 56.5 cm³/mol. The van der Waals surface area contributed by atoms with Gasteiger partial charge in [0, 0.05) is 12.7 Å². The van der Waals surface area contributed by atoms with Crippen molar-refractivity contribution < 1.29 is 13.2 Å². The van der Waals surface area contributed by atoms with Crippen LogP contribution >= 0.6 is 0 Å². The minimum Gasteiger partial charge on any atom is -0.326 e. The van der Waals surface area contributed by atoms with Crippen molar-refractivity contribution in [3.63, 3.8) is 0 Å². The van der Waals surface area contributed by atoms with Gasteiger partial charge in [-0.1, -0.05) is 12.1 Å². The largest absolute Gasteiger partial charge is 0.435 e. The first-order valence-corrected chi connectivity index (χ1v) is 4.93. The number of alkyl halides is 3. The van der Waals surface area contributed by atoms with Gasteiger partial charge < -0.3 is 5.73 Å². The lowest BCUT2D eigenvalue weighted by Crippen LogP contribution is -2.07. The molecule has 90 valence electrons. The highest BCUT2D eigenvalue weighted by atomic mass is 19.4. The lowest BCUT2D eigenvalue weighted by Gasteiger charge is -2.03. The number of hydrogen-bond acceptors (Lipinski definition) is 2. The predicted octanol–water partition coefficient (Wildman–Crippen LogP) is 2.35. The summed E-state index contributed by atoms with van der Waals surface area (Å²) in [6.07, 6.45) is -3.14. The van der Waals surface area contributed by atoms with Gasteiger partial charge in [0.1, 0.15) is 0 Å². The van der Waals surface area contributed by atoms with Crippen LogP contribution in [0.3, 0.4) is 0 Å². The van der Waals surface area contributed by atoms with Gasteiger partial charge in [-0.3, -0.25) is 0 Å². The van der Waals surface area contributed by atoms with Crippen LogP contribution < -0.4 is 5.73 Å². The Morgan fingerprint density at radius 1 is 1.12 bits per heavy atom. The monoisotopic (exact) mass is 241 g/mol. The van der Waals surface area contributed by atoms with Crippen LogP contribution in [0.25, 0.3) is 5.69 Å². The third kappa shape index (κ3) is 2.47. The third-order valence-corrected chi connectivity index (χ3v) is 2.32. The Labute approximate surface area is 95.7 Å². The van der Waals surface area contributed by atoms with Crippen LogP contribution in [0.15, 0.2) is 36.5 Å². The molecular weight excluding hydrogens is 231 g/mol. The molecule has 0 amide bonds. The van der Waals surface area contributed by atoms with Crippen LogP contribution in [-0.4, -0.2) is 9.78 Å². The number of aromatic nitrogens is 2. The molecule has 6 heteroatoms. The Balaban J connectivity index is 2.30. The molecule has 0 atom stereocenters. The van der Waals surface area contributed by atoms with Crippen molar-refractivity contribution in [3.05, 3.63) is 47.8 Å². The number of benzene rings is 1. The maximum Gasteiger partial charge on any atom is 0.435 e. The van der Waals surface area contributed by atoms with Crippen molar-refractivity contribution in [2.45, 2.75) is 12.7 Å². The van der Waals surface area contributed by atoms with Gasteiger partial charge in [0.15, 0.2) is 5.69 Å². The molecule has 2 rings (SSSR count). The number of hydrogen-bond donors (Lipinski definition) is 1. The van der Waals surface area contributed by atoms with E-state index in [9.17, 15) is 13.2 Å². The van der Waals surface area contributed by atoms with Gasteiger partial charge in [-0.05, 0) is 23.8 Å². The van der Waals surface area contributed by atoms with Gasteiger partial charge in [-0.15, -0.1) is 0 Å². The van der Waals surface area contributed by atoms with E-state index in [1.54, 1.807) is 24.3 Å². The van der Waals surface area contributed by atoms with Crippen molar-refractivity contribution >= 4 is 0 Å². The highest BCUT2D eigenvalue weighted by Gasteiger charge is 2.33. The topological polar surface area (TPSA) is 43.8 Å². The summed E-state index contributed by atoms with van der Waals surface area (Å²) in [5.41, 5.74) is 6.01. The van der Waals surface area contributed by atoms with Crippen LogP contribution in [0.4, 0.5) is 13.2 Å². The molecule has 0 aliphatic heterocycles. The average molecular weight is 241 g/mol. The van der Waals surface area contributed by atoms with Crippen LogP contribution in [0.2, 0.25) is 0 Å². The molecule has 0 aliphatic rings. The summed E-state index contributed by atoms with van der Waals surface area (Å²) >= 11 is 0. The average Bonchev–Trinajstić information content (AvgIpc) is 2.78. The van der Waals surface area contributed by atoms with Crippen LogP contribution in [0, 0.1) is 0 Å². The number of halogens is 3. The molecule has 3 nitrogen and oxygen atoms in total. The normalized spacial score (nSPS) is 11.8. The molecule has 0 saturated heterocycles. The van der Waals surface area contributed by atoms with E-state index in [1.807, 2.05) is 0 Å². The minimum atomic E-state index is -4.41. The summed E-state index contributed by atoms with van der Waals surface area (Å²) < 4.78 is 38.2. The van der Waals surface area contributed by atoms with E-state index < -0.39 is 11.9 Å². The fourth-order valence-corrected chi connectivity index (χ4v) is 1.40. The van der Waals surface area contributed by atoms with Gasteiger partial charge in [0.05, 0.1) is 5.69 Å². The second kappa shape index (κ2) is 4.21. The highest BCUT2D eigenvalue weighted by Crippen LogP contribution is 2.27. The molecule has 1 aromatic heterocycles. The van der Waals surface area contributed by atoms with E-state index in [1.165, 1.54) is 10.9 Å². The molecule has 1 aromatic carbocycles. The van der Waals surface area contributed by atoms with E-state index in [0.29, 0.717) is 12.2 Å². The zero-order valence-corrected chi connectivity index (χ0v) is 8.78. The molecule has 0 spiro atoms. The Morgan fingerprint density at radius 2 is 1.76 bits per heavy atom. The first-order chi connectivity index (χ1) is 8.00. The molecule has 0 aliphatic carbocycles. The van der Waals surface area contributed by atoms with E-state index in [4.69, 9.17) is 5.73 Å². The molecule has 2 N–H and O–H groups in total. The second-order valence-electron chi connectivity index (χ2n) is 3.51. The lowest BCUT2D eigenvalue weighted by molar-refractivity contribution is -0.141. The molecule has 0 fully saturated rings. The van der Waals surface area contributed by atoms with E-state index in [2.05, 4.69) is 5.10 Å². The lowest BCUT2D eigenvalue weighted by atomic mass is 10.2. The maximum atomic E-state index is 12.3. The Hall–Kier alpha value is -1.82. The first-order valence-electron chi connectivity index (χ1n) is 4.93. The standard InChI is InChI=1S/C11H10F3N3/c12-11(13,14)10-5-6-17(16-10)9-3-1-8(7-15)2-4-9/h1-6H,7,15H2. The fourth-order valence-electron chi connectivity index (χ4n) is 1.40. The summed E-state index contributed by atoms with van der Waals surface area (Å²) in [7, 11) is 0. The summed E-state index contributed by atoms with van der Waals surface area (Å²) in [4.78, 5) is 0. The minimum absolute atomic E-state index is 0.396. The van der Waals surface area contributed by atoms with Crippen molar-refractivity contribution in [2.75, 3.05) is 0 Å². The van der Waals surface area contributed by atoms with E-state index in [0.717, 1.165) is 11.6 Å². The molecule has 0 radical (unpaired) electrons. The van der Waals surface area contributed by atoms with Crippen molar-refractivity contribution in [1.29, 1.82) is 0 Å². The van der Waals surface area contributed by atoms with Gasteiger partial charge in [-0.2, -0.15) is 18.3 Å². The maximum absolute atomic E-state index is 12.3. The summed E-state index contributed by atoms with van der Waals surface area (Å²) in [5, 5.41) is 3.47. The molecular formula is C11H10F3N3. The summed E-state index contributed by atoms with van der Waals surface area (Å²) in [6, 6.07) is 7.80. The molecule has 17 heavy (non-hydrogen) atoms. The quantitative estimate of drug-likeness (QED) is 0.877. The van der Waals surface area contributed by atoms with Gasteiger partial charge >= 0.3 is 6.18 Å². The molecule has 2 aromatic rings. The van der Waals surface area contributed by atoms with Crippen LogP contribution in [-0.2, 0) is 12.7 Å². The van der Waals surface area contributed by atoms with Gasteiger partial charge in [-0.25, -0.2) is 4.68 Å². The Bertz CT molecular complexity index is 499. The number of nitrogens with two attached hydrogens (primary N) is 1. The van der Waals surface area contributed by atoms with Crippen molar-refractivity contribution in [3.8, 4) is 5.69 Å².